The highest BCUT2D eigenvalue weighted by molar-refractivity contribution is 7.89. The van der Waals surface area contributed by atoms with Crippen molar-refractivity contribution in [2.45, 2.75) is 18.7 Å². The molecule has 0 aromatic heterocycles. The predicted molar refractivity (Wildman–Crippen MR) is 117 cm³/mol. The van der Waals surface area contributed by atoms with Crippen LogP contribution in [0.25, 0.3) is 0 Å². The number of hydrazine groups is 1. The van der Waals surface area contributed by atoms with Crippen LogP contribution in [0.1, 0.15) is 22.8 Å². The van der Waals surface area contributed by atoms with Crippen LogP contribution in [0.2, 0.25) is 0 Å². The molecule has 0 aliphatic heterocycles. The second-order valence-electron chi connectivity index (χ2n) is 6.78. The van der Waals surface area contributed by atoms with E-state index in [1.165, 1.54) is 19.2 Å². The van der Waals surface area contributed by atoms with Crippen LogP contribution in [0.5, 0.6) is 5.75 Å². The molecule has 10 nitrogen and oxygen atoms in total. The van der Waals surface area contributed by atoms with Gasteiger partial charge in [0.05, 0.1) is 30.2 Å². The topological polar surface area (TPSA) is 134 Å². The van der Waals surface area contributed by atoms with Crippen LogP contribution in [-0.4, -0.2) is 57.2 Å². The zero-order valence-electron chi connectivity index (χ0n) is 18.0. The summed E-state index contributed by atoms with van der Waals surface area (Å²) in [5, 5.41) is 2.42. The smallest absolute Gasteiger partial charge is 0.257 e. The number of hydrogen-bond acceptors (Lipinski definition) is 6. The number of rotatable bonds is 9. The fourth-order valence-electron chi connectivity index (χ4n) is 2.59. The first kappa shape index (κ1) is 24.8. The molecule has 172 valence electrons. The minimum absolute atomic E-state index is 0.0532. The van der Waals surface area contributed by atoms with Gasteiger partial charge in [-0.25, -0.2) is 8.42 Å². The molecule has 0 unspecified atom stereocenters. The maximum atomic E-state index is 12.5. The Bertz CT molecular complexity index is 1070. The molecular weight excluding hydrogens is 436 g/mol. The Labute approximate surface area is 187 Å². The molecule has 0 spiro atoms. The van der Waals surface area contributed by atoms with Crippen LogP contribution < -0.4 is 20.9 Å². The van der Waals surface area contributed by atoms with Gasteiger partial charge in [0.15, 0.2) is 0 Å². The van der Waals surface area contributed by atoms with Crippen molar-refractivity contribution in [1.82, 2.24) is 20.5 Å². The molecule has 0 fully saturated rings. The number of sulfonamides is 1. The number of aryl methyl sites for hydroxylation is 1. The minimum Gasteiger partial charge on any atom is -0.493 e. The van der Waals surface area contributed by atoms with Crippen molar-refractivity contribution in [2.75, 3.05) is 26.7 Å². The van der Waals surface area contributed by atoms with Gasteiger partial charge < -0.3 is 10.1 Å². The fraction of sp³-hybridized carbons (Fsp3) is 0.286. The van der Waals surface area contributed by atoms with E-state index in [0.717, 1.165) is 9.87 Å². The van der Waals surface area contributed by atoms with Crippen LogP contribution in [-0.2, 0) is 19.6 Å². The Kier molecular flexibility index (Phi) is 8.73. The van der Waals surface area contributed by atoms with E-state index in [2.05, 4.69) is 16.2 Å². The first-order valence-corrected chi connectivity index (χ1v) is 11.2. The number of carbonyl (C=O) groups is 3. The number of para-hydroxylation sites is 1. The van der Waals surface area contributed by atoms with E-state index in [1.54, 1.807) is 43.3 Å². The number of hydrogen-bond donors (Lipinski definition) is 3. The summed E-state index contributed by atoms with van der Waals surface area (Å²) in [4.78, 5) is 36.3. The Morgan fingerprint density at radius 3 is 2.25 bits per heavy atom. The van der Waals surface area contributed by atoms with Crippen molar-refractivity contribution < 1.29 is 27.5 Å². The molecule has 0 aliphatic carbocycles. The first-order chi connectivity index (χ1) is 15.1. The fourth-order valence-corrected chi connectivity index (χ4v) is 3.72. The van der Waals surface area contributed by atoms with Crippen LogP contribution in [0.3, 0.4) is 0 Å². The first-order valence-electron chi connectivity index (χ1n) is 9.76. The highest BCUT2D eigenvalue weighted by Gasteiger charge is 2.23. The normalized spacial score (nSPS) is 11.0. The number of benzene rings is 2. The summed E-state index contributed by atoms with van der Waals surface area (Å²) in [5.74, 6) is -1.56. The van der Waals surface area contributed by atoms with Crippen molar-refractivity contribution >= 4 is 27.7 Å². The number of carbonyl (C=O) groups excluding carboxylic acids is 3. The maximum Gasteiger partial charge on any atom is 0.257 e. The SMILES string of the molecule is CCOc1ccccc1C(=O)NCC(=O)NNC(=O)CN(C)S(=O)(=O)c1ccc(C)cc1. The van der Waals surface area contributed by atoms with Gasteiger partial charge in [0.1, 0.15) is 5.75 Å². The van der Waals surface area contributed by atoms with Crippen molar-refractivity contribution in [1.29, 1.82) is 0 Å². The lowest BCUT2D eigenvalue weighted by atomic mass is 10.2. The maximum absolute atomic E-state index is 12.5. The predicted octanol–water partition coefficient (Wildman–Crippen LogP) is 0.592. The molecule has 0 heterocycles. The van der Waals surface area contributed by atoms with Gasteiger partial charge in [-0.2, -0.15) is 4.31 Å². The summed E-state index contributed by atoms with van der Waals surface area (Å²) in [6.45, 7) is 3.08. The van der Waals surface area contributed by atoms with Crippen LogP contribution in [0.15, 0.2) is 53.4 Å². The zero-order valence-corrected chi connectivity index (χ0v) is 18.9. The summed E-state index contributed by atoms with van der Waals surface area (Å²) >= 11 is 0. The van der Waals surface area contributed by atoms with Gasteiger partial charge >= 0.3 is 0 Å². The summed E-state index contributed by atoms with van der Waals surface area (Å²) in [6.07, 6.45) is 0. The lowest BCUT2D eigenvalue weighted by Gasteiger charge is -2.17. The van der Waals surface area contributed by atoms with Crippen molar-refractivity contribution in [3.8, 4) is 5.75 Å². The summed E-state index contributed by atoms with van der Waals surface area (Å²) in [7, 11) is -2.60. The number of likely N-dealkylation sites (N-methyl/N-ethyl adjacent to an activating group) is 1. The van der Waals surface area contributed by atoms with Gasteiger partial charge in [0.2, 0.25) is 10.0 Å². The van der Waals surface area contributed by atoms with Gasteiger partial charge in [-0.3, -0.25) is 25.2 Å². The number of ether oxygens (including phenoxy) is 1. The molecule has 0 saturated heterocycles. The Hall–Kier alpha value is -3.44. The molecular formula is C21H26N4O6S. The Morgan fingerprint density at radius 2 is 1.59 bits per heavy atom. The number of nitrogens with one attached hydrogen (secondary N) is 3. The molecule has 3 amide bonds. The van der Waals surface area contributed by atoms with E-state index >= 15 is 0 Å². The molecule has 0 aliphatic rings. The average Bonchev–Trinajstić information content (AvgIpc) is 2.77. The molecule has 2 aromatic rings. The largest absolute Gasteiger partial charge is 0.493 e. The number of amides is 3. The molecule has 0 bridgehead atoms. The van der Waals surface area contributed by atoms with Gasteiger partial charge in [-0.05, 0) is 38.1 Å². The summed E-state index contributed by atoms with van der Waals surface area (Å²) in [6, 6.07) is 12.8. The van der Waals surface area contributed by atoms with E-state index in [9.17, 15) is 22.8 Å². The van der Waals surface area contributed by atoms with E-state index in [0.29, 0.717) is 12.4 Å². The monoisotopic (exact) mass is 462 g/mol. The third kappa shape index (κ3) is 6.79. The van der Waals surface area contributed by atoms with E-state index < -0.39 is 40.8 Å². The molecule has 3 N–H and O–H groups in total. The molecule has 0 saturated carbocycles. The number of nitrogens with zero attached hydrogens (tertiary/aromatic N) is 1. The quantitative estimate of drug-likeness (QED) is 0.467. The molecule has 11 heteroatoms. The summed E-state index contributed by atoms with van der Waals surface area (Å²) < 4.78 is 31.2. The zero-order chi connectivity index (χ0) is 23.7. The molecule has 32 heavy (non-hydrogen) atoms. The second kappa shape index (κ2) is 11.3. The Balaban J connectivity index is 1.82. The third-order valence-corrected chi connectivity index (χ3v) is 6.10. The second-order valence-corrected chi connectivity index (χ2v) is 8.83. The van der Waals surface area contributed by atoms with Gasteiger partial charge in [-0.15, -0.1) is 0 Å². The standard InChI is InChI=1S/C21H26N4O6S/c1-4-31-18-8-6-5-7-17(18)21(28)22-13-19(26)23-24-20(27)14-25(3)32(29,30)16-11-9-15(2)10-12-16/h5-12H,4,13-14H2,1-3H3,(H,22,28)(H,23,26)(H,24,27). The minimum atomic E-state index is -3.86. The lowest BCUT2D eigenvalue weighted by Crippen LogP contribution is -2.49. The average molecular weight is 463 g/mol. The summed E-state index contributed by atoms with van der Waals surface area (Å²) in [5.41, 5.74) is 5.42. The van der Waals surface area contributed by atoms with E-state index in [4.69, 9.17) is 4.74 Å². The highest BCUT2D eigenvalue weighted by atomic mass is 32.2. The van der Waals surface area contributed by atoms with Crippen LogP contribution in [0.4, 0.5) is 0 Å². The third-order valence-electron chi connectivity index (χ3n) is 4.28. The molecule has 2 rings (SSSR count). The van der Waals surface area contributed by atoms with Crippen LogP contribution in [0, 0.1) is 6.92 Å². The highest BCUT2D eigenvalue weighted by Crippen LogP contribution is 2.17. The molecule has 2 aromatic carbocycles. The van der Waals surface area contributed by atoms with Crippen LogP contribution >= 0.6 is 0 Å². The van der Waals surface area contributed by atoms with E-state index in [-0.39, 0.29) is 10.5 Å². The molecule has 0 radical (unpaired) electrons. The van der Waals surface area contributed by atoms with E-state index in [1.807, 2.05) is 6.92 Å². The van der Waals surface area contributed by atoms with Crippen molar-refractivity contribution in [3.05, 3.63) is 59.7 Å². The van der Waals surface area contributed by atoms with Gasteiger partial charge in [0, 0.05) is 7.05 Å². The lowest BCUT2D eigenvalue weighted by molar-refractivity contribution is -0.128. The van der Waals surface area contributed by atoms with Gasteiger partial charge in [0.25, 0.3) is 17.7 Å². The van der Waals surface area contributed by atoms with Crippen molar-refractivity contribution in [2.24, 2.45) is 0 Å². The van der Waals surface area contributed by atoms with Crippen molar-refractivity contribution in [3.63, 3.8) is 0 Å². The Morgan fingerprint density at radius 1 is 0.969 bits per heavy atom. The molecule has 0 atom stereocenters. The van der Waals surface area contributed by atoms with Gasteiger partial charge in [-0.1, -0.05) is 29.8 Å².